The van der Waals surface area contributed by atoms with Crippen molar-refractivity contribution in [1.29, 1.82) is 0 Å². The minimum Gasteiger partial charge on any atom is -0.365 e. The second-order valence-electron chi connectivity index (χ2n) is 7.03. The van der Waals surface area contributed by atoms with E-state index in [1.807, 2.05) is 0 Å². The number of nitrogens with one attached hydrogen (secondary N) is 1. The molecule has 0 fully saturated rings. The van der Waals surface area contributed by atoms with Crippen LogP contribution in [0.1, 0.15) is 45.5 Å². The Labute approximate surface area is 156 Å². The molecular formula is C19H23N3O3S. The zero-order valence-corrected chi connectivity index (χ0v) is 16.0. The van der Waals surface area contributed by atoms with Gasteiger partial charge in [0.25, 0.3) is 5.91 Å². The summed E-state index contributed by atoms with van der Waals surface area (Å²) in [7, 11) is 0. The fraction of sp³-hybridized carbons (Fsp3) is 0.421. The number of nitrogens with zero attached hydrogens (tertiary/aromatic N) is 1. The first-order valence-corrected chi connectivity index (χ1v) is 9.50. The maximum absolute atomic E-state index is 12.6. The number of aryl methyl sites for hydroxylation is 2. The molecule has 6 nitrogen and oxygen atoms in total. The van der Waals surface area contributed by atoms with Crippen molar-refractivity contribution < 1.29 is 9.59 Å². The number of thiophene rings is 1. The van der Waals surface area contributed by atoms with Crippen LogP contribution in [-0.2, 0) is 24.2 Å². The fourth-order valence-corrected chi connectivity index (χ4v) is 4.98. The van der Waals surface area contributed by atoms with Gasteiger partial charge in [0, 0.05) is 28.4 Å². The van der Waals surface area contributed by atoms with Crippen molar-refractivity contribution in [3.05, 3.63) is 49.7 Å². The molecule has 2 amide bonds. The van der Waals surface area contributed by atoms with Gasteiger partial charge >= 0.3 is 0 Å². The van der Waals surface area contributed by atoms with Crippen LogP contribution in [-0.4, -0.2) is 16.4 Å². The van der Waals surface area contributed by atoms with Gasteiger partial charge in [-0.3, -0.25) is 14.4 Å². The van der Waals surface area contributed by atoms with Gasteiger partial charge in [-0.1, -0.05) is 6.92 Å². The molecule has 1 unspecified atom stereocenters. The number of carbonyl (C=O) groups excluding carboxylic acids is 2. The minimum absolute atomic E-state index is 0.0762. The topological polar surface area (TPSA) is 94.2 Å². The second kappa shape index (κ2) is 7.07. The van der Waals surface area contributed by atoms with Crippen LogP contribution in [0.2, 0.25) is 0 Å². The summed E-state index contributed by atoms with van der Waals surface area (Å²) >= 11 is 1.45. The third-order valence-electron chi connectivity index (χ3n) is 4.87. The summed E-state index contributed by atoms with van der Waals surface area (Å²) in [6.45, 7) is 5.85. The smallest absolute Gasteiger partial charge is 0.251 e. The van der Waals surface area contributed by atoms with Crippen molar-refractivity contribution in [2.75, 3.05) is 5.32 Å². The molecule has 1 aliphatic carbocycles. The van der Waals surface area contributed by atoms with Gasteiger partial charge in [-0.25, -0.2) is 0 Å². The number of nitrogens with two attached hydrogens (primary N) is 1. The highest BCUT2D eigenvalue weighted by molar-refractivity contribution is 7.17. The summed E-state index contributed by atoms with van der Waals surface area (Å²) < 4.78 is 1.77. The number of primary amides is 1. The molecule has 1 atom stereocenters. The Hall–Kier alpha value is -2.41. The zero-order chi connectivity index (χ0) is 19.0. The Morgan fingerprint density at radius 1 is 1.31 bits per heavy atom. The Morgan fingerprint density at radius 2 is 1.96 bits per heavy atom. The molecule has 26 heavy (non-hydrogen) atoms. The van der Waals surface area contributed by atoms with Gasteiger partial charge in [-0.05, 0) is 44.6 Å². The molecule has 138 valence electrons. The van der Waals surface area contributed by atoms with Gasteiger partial charge in [0.15, 0.2) is 5.43 Å². The average Bonchev–Trinajstić information content (AvgIpc) is 2.87. The first kappa shape index (κ1) is 18.4. The van der Waals surface area contributed by atoms with Crippen LogP contribution >= 0.6 is 11.3 Å². The molecule has 7 heteroatoms. The fourth-order valence-electron chi connectivity index (χ4n) is 3.55. The van der Waals surface area contributed by atoms with Crippen LogP contribution in [0.4, 0.5) is 5.00 Å². The Kier molecular flexibility index (Phi) is 5.00. The number of carbonyl (C=O) groups is 2. The SMILES string of the molecule is Cc1cc(=O)cc(C)n1CC(=O)Nc1sc2c(c1C(N)=O)CCC(C)C2. The van der Waals surface area contributed by atoms with Crippen molar-refractivity contribution in [3.8, 4) is 0 Å². The molecule has 0 spiro atoms. The summed E-state index contributed by atoms with van der Waals surface area (Å²) in [5.41, 5.74) is 8.40. The standard InChI is InChI=1S/C19H23N3O3S/c1-10-4-5-14-15(6-10)26-19(17(14)18(20)25)21-16(24)9-22-11(2)7-13(23)8-12(22)3/h7-8,10H,4-6,9H2,1-3H3,(H2,20,25)(H,21,24). The summed E-state index contributed by atoms with van der Waals surface area (Å²) in [4.78, 5) is 37.2. The van der Waals surface area contributed by atoms with E-state index in [4.69, 9.17) is 5.73 Å². The number of rotatable bonds is 4. The molecule has 0 bridgehead atoms. The first-order valence-electron chi connectivity index (χ1n) is 8.68. The van der Waals surface area contributed by atoms with Crippen molar-refractivity contribution in [1.82, 2.24) is 4.57 Å². The Balaban J connectivity index is 1.86. The number of aromatic nitrogens is 1. The predicted molar refractivity (Wildman–Crippen MR) is 103 cm³/mol. The number of pyridine rings is 1. The van der Waals surface area contributed by atoms with Crippen LogP contribution in [0.25, 0.3) is 0 Å². The van der Waals surface area contributed by atoms with Crippen molar-refractivity contribution in [2.24, 2.45) is 11.7 Å². The van der Waals surface area contributed by atoms with Crippen LogP contribution in [0, 0.1) is 19.8 Å². The summed E-state index contributed by atoms with van der Waals surface area (Å²) in [6, 6.07) is 3.00. The molecular weight excluding hydrogens is 350 g/mol. The molecule has 0 saturated carbocycles. The van der Waals surface area contributed by atoms with Crippen LogP contribution in [0.15, 0.2) is 16.9 Å². The normalized spacial score (nSPS) is 16.2. The lowest BCUT2D eigenvalue weighted by Gasteiger charge is -2.18. The Bertz CT molecular complexity index is 916. The quantitative estimate of drug-likeness (QED) is 0.861. The third-order valence-corrected chi connectivity index (χ3v) is 6.04. The first-order chi connectivity index (χ1) is 12.3. The third kappa shape index (κ3) is 3.58. The van der Waals surface area contributed by atoms with Gasteiger partial charge < -0.3 is 15.6 Å². The van der Waals surface area contributed by atoms with Gasteiger partial charge in [-0.15, -0.1) is 11.3 Å². The van der Waals surface area contributed by atoms with Crippen molar-refractivity contribution >= 4 is 28.2 Å². The monoisotopic (exact) mass is 373 g/mol. The second-order valence-corrected chi connectivity index (χ2v) is 8.13. The van der Waals surface area contributed by atoms with E-state index in [2.05, 4.69) is 12.2 Å². The number of fused-ring (bicyclic) bond motifs is 1. The van der Waals surface area contributed by atoms with Crippen LogP contribution < -0.4 is 16.5 Å². The maximum Gasteiger partial charge on any atom is 0.251 e. The predicted octanol–water partition coefficient (Wildman–Crippen LogP) is 2.39. The molecule has 3 N–H and O–H groups in total. The molecule has 3 rings (SSSR count). The molecule has 2 aromatic heterocycles. The molecule has 0 saturated heterocycles. The van der Waals surface area contributed by atoms with E-state index in [1.165, 1.54) is 23.5 Å². The molecule has 0 aliphatic heterocycles. The van der Waals surface area contributed by atoms with E-state index in [9.17, 15) is 14.4 Å². The molecule has 2 heterocycles. The number of amides is 2. The lowest BCUT2D eigenvalue weighted by Crippen LogP contribution is -2.24. The van der Waals surface area contributed by atoms with Gasteiger partial charge in [0.05, 0.1) is 5.56 Å². The van der Waals surface area contributed by atoms with Crippen molar-refractivity contribution in [2.45, 2.75) is 46.6 Å². The number of hydrogen-bond donors (Lipinski definition) is 2. The summed E-state index contributed by atoms with van der Waals surface area (Å²) in [5.74, 6) is -0.172. The lowest BCUT2D eigenvalue weighted by atomic mass is 9.88. The highest BCUT2D eigenvalue weighted by Gasteiger charge is 2.27. The van der Waals surface area contributed by atoms with Gasteiger partial charge in [0.2, 0.25) is 5.91 Å². The van der Waals surface area contributed by atoms with Gasteiger partial charge in [-0.2, -0.15) is 0 Å². The molecule has 0 aromatic carbocycles. The van der Waals surface area contributed by atoms with Crippen LogP contribution in [0.5, 0.6) is 0 Å². The van der Waals surface area contributed by atoms with E-state index in [0.717, 1.165) is 41.1 Å². The average molecular weight is 373 g/mol. The van der Waals surface area contributed by atoms with E-state index >= 15 is 0 Å². The number of hydrogen-bond acceptors (Lipinski definition) is 4. The van der Waals surface area contributed by atoms with Crippen LogP contribution in [0.3, 0.4) is 0 Å². The highest BCUT2D eigenvalue weighted by Crippen LogP contribution is 2.39. The van der Waals surface area contributed by atoms with E-state index in [-0.39, 0.29) is 17.9 Å². The largest absolute Gasteiger partial charge is 0.365 e. The van der Waals surface area contributed by atoms with Crippen molar-refractivity contribution in [3.63, 3.8) is 0 Å². The molecule has 1 aliphatic rings. The zero-order valence-electron chi connectivity index (χ0n) is 15.2. The maximum atomic E-state index is 12.6. The minimum atomic E-state index is -0.497. The van der Waals surface area contributed by atoms with Gasteiger partial charge in [0.1, 0.15) is 11.5 Å². The lowest BCUT2D eigenvalue weighted by molar-refractivity contribution is -0.116. The Morgan fingerprint density at radius 3 is 2.58 bits per heavy atom. The highest BCUT2D eigenvalue weighted by atomic mass is 32.1. The molecule has 2 aromatic rings. The van der Waals surface area contributed by atoms with E-state index in [0.29, 0.717) is 16.5 Å². The van der Waals surface area contributed by atoms with E-state index in [1.54, 1.807) is 18.4 Å². The molecule has 0 radical (unpaired) electrons. The number of anilines is 1. The summed E-state index contributed by atoms with van der Waals surface area (Å²) in [5, 5.41) is 3.40. The van der Waals surface area contributed by atoms with E-state index < -0.39 is 5.91 Å². The summed E-state index contributed by atoms with van der Waals surface area (Å²) in [6.07, 6.45) is 2.75.